The predicted molar refractivity (Wildman–Crippen MR) is 98.4 cm³/mol. The molecule has 0 spiro atoms. The van der Waals surface area contributed by atoms with Gasteiger partial charge in [-0.25, -0.2) is 4.68 Å². The quantitative estimate of drug-likeness (QED) is 0.811. The smallest absolute Gasteiger partial charge is 0.267 e. The Morgan fingerprint density at radius 2 is 1.96 bits per heavy atom. The van der Waals surface area contributed by atoms with Gasteiger partial charge in [-0.3, -0.25) is 19.2 Å². The maximum atomic E-state index is 12.3. The van der Waals surface area contributed by atoms with Crippen LogP contribution in [0, 0.1) is 0 Å². The van der Waals surface area contributed by atoms with Crippen molar-refractivity contribution in [1.29, 1.82) is 0 Å². The van der Waals surface area contributed by atoms with Gasteiger partial charge in [-0.15, -0.1) is 0 Å². The third-order valence-electron chi connectivity index (χ3n) is 4.44. The molecule has 1 aliphatic heterocycles. The average Bonchev–Trinajstić information content (AvgIpc) is 2.62. The van der Waals surface area contributed by atoms with Crippen LogP contribution < -0.4 is 10.9 Å². The highest BCUT2D eigenvalue weighted by Gasteiger charge is 2.21. The Morgan fingerprint density at radius 1 is 1.19 bits per heavy atom. The molecule has 1 aromatic heterocycles. The van der Waals surface area contributed by atoms with Crippen LogP contribution in [0.15, 0.2) is 35.1 Å². The fourth-order valence-electron chi connectivity index (χ4n) is 2.97. The van der Waals surface area contributed by atoms with Crippen LogP contribution in [0.2, 0.25) is 0 Å². The van der Waals surface area contributed by atoms with E-state index >= 15 is 0 Å². The van der Waals surface area contributed by atoms with Gasteiger partial charge in [0.15, 0.2) is 5.78 Å². The molecule has 2 aromatic rings. The van der Waals surface area contributed by atoms with Gasteiger partial charge < -0.3 is 10.2 Å². The van der Waals surface area contributed by atoms with Crippen LogP contribution in [0.1, 0.15) is 35.5 Å². The van der Waals surface area contributed by atoms with E-state index in [0.29, 0.717) is 36.3 Å². The molecule has 0 radical (unpaired) electrons. The number of aromatic nitrogens is 2. The van der Waals surface area contributed by atoms with Gasteiger partial charge in [0.1, 0.15) is 6.54 Å². The van der Waals surface area contributed by atoms with E-state index in [1.807, 2.05) is 0 Å². The second-order valence-electron chi connectivity index (χ2n) is 6.49. The summed E-state index contributed by atoms with van der Waals surface area (Å²) in [5.74, 6) is -0.554. The Hall–Kier alpha value is -3.29. The van der Waals surface area contributed by atoms with Crippen LogP contribution in [0.4, 0.5) is 5.69 Å². The molecule has 2 heterocycles. The van der Waals surface area contributed by atoms with E-state index < -0.39 is 11.5 Å². The minimum absolute atomic E-state index is 0.0444. The van der Waals surface area contributed by atoms with Gasteiger partial charge in [-0.2, -0.15) is 5.10 Å². The predicted octanol–water partition coefficient (Wildman–Crippen LogP) is 0.989. The summed E-state index contributed by atoms with van der Waals surface area (Å²) in [7, 11) is 0. The van der Waals surface area contributed by atoms with Crippen LogP contribution in [-0.4, -0.2) is 38.8 Å². The van der Waals surface area contributed by atoms with Crippen molar-refractivity contribution in [2.45, 2.75) is 33.4 Å². The number of carbonyl (C=O) groups is 3. The molecule has 1 aliphatic rings. The van der Waals surface area contributed by atoms with Gasteiger partial charge in [0.2, 0.25) is 11.8 Å². The summed E-state index contributed by atoms with van der Waals surface area (Å²) in [6.07, 6.45) is 0.539. The monoisotopic (exact) mass is 368 g/mol. The molecule has 27 heavy (non-hydrogen) atoms. The summed E-state index contributed by atoms with van der Waals surface area (Å²) in [5.41, 5.74) is 2.01. The van der Waals surface area contributed by atoms with Crippen LogP contribution >= 0.6 is 0 Å². The fourth-order valence-corrected chi connectivity index (χ4v) is 2.97. The number of nitrogens with one attached hydrogen (secondary N) is 1. The second-order valence-corrected chi connectivity index (χ2v) is 6.49. The molecule has 0 unspecified atom stereocenters. The lowest BCUT2D eigenvalue weighted by atomic mass is 10.1. The summed E-state index contributed by atoms with van der Waals surface area (Å²) in [5, 5.41) is 6.96. The topological polar surface area (TPSA) is 101 Å². The molecule has 0 saturated carbocycles. The Kier molecular flexibility index (Phi) is 5.16. The molecule has 0 fully saturated rings. The first-order valence-electron chi connectivity index (χ1n) is 8.60. The van der Waals surface area contributed by atoms with Crippen molar-refractivity contribution in [1.82, 2.24) is 14.7 Å². The lowest BCUT2D eigenvalue weighted by Gasteiger charge is -2.27. The zero-order chi connectivity index (χ0) is 19.6. The number of Topliss-reactive ketones (excluding diaryl/α,β-unsaturated/α-hetero) is 1. The molecular formula is C19H20N4O4. The molecule has 8 nitrogen and oxygen atoms in total. The number of fused-ring (bicyclic) bond motifs is 1. The summed E-state index contributed by atoms with van der Waals surface area (Å²) in [6, 6.07) is 8.03. The van der Waals surface area contributed by atoms with Crippen molar-refractivity contribution in [2.24, 2.45) is 0 Å². The van der Waals surface area contributed by atoms with Gasteiger partial charge in [0.05, 0.1) is 5.69 Å². The van der Waals surface area contributed by atoms with E-state index in [9.17, 15) is 19.2 Å². The van der Waals surface area contributed by atoms with Gasteiger partial charge in [-0.1, -0.05) is 12.1 Å². The Bertz CT molecular complexity index is 980. The number of anilines is 1. The van der Waals surface area contributed by atoms with Crippen molar-refractivity contribution in [3.63, 3.8) is 0 Å². The van der Waals surface area contributed by atoms with Crippen LogP contribution in [0.5, 0.6) is 0 Å². The average molecular weight is 368 g/mol. The van der Waals surface area contributed by atoms with Crippen LogP contribution in [0.25, 0.3) is 0 Å². The van der Waals surface area contributed by atoms with Gasteiger partial charge in [0.25, 0.3) is 5.56 Å². The van der Waals surface area contributed by atoms with Crippen molar-refractivity contribution in [2.75, 3.05) is 11.9 Å². The SMILES string of the molecule is CC(=O)c1cccc(NC(=O)Cn2nc3c(cc2=O)CN(C(C)=O)CC3)c1. The summed E-state index contributed by atoms with van der Waals surface area (Å²) < 4.78 is 1.12. The number of ketones is 1. The lowest BCUT2D eigenvalue weighted by molar-refractivity contribution is -0.129. The van der Waals surface area contributed by atoms with Gasteiger partial charge in [0, 0.05) is 49.3 Å². The van der Waals surface area contributed by atoms with Crippen LogP contribution in [-0.2, 0) is 29.1 Å². The highest BCUT2D eigenvalue weighted by molar-refractivity contribution is 5.97. The zero-order valence-corrected chi connectivity index (χ0v) is 15.2. The van der Waals surface area contributed by atoms with Crippen LogP contribution in [0.3, 0.4) is 0 Å². The van der Waals surface area contributed by atoms with Crippen molar-refractivity contribution in [3.05, 3.63) is 57.5 Å². The van der Waals surface area contributed by atoms with E-state index in [-0.39, 0.29) is 18.2 Å². The molecule has 0 atom stereocenters. The number of hydrogen-bond donors (Lipinski definition) is 1. The number of benzene rings is 1. The fraction of sp³-hybridized carbons (Fsp3) is 0.316. The van der Waals surface area contributed by atoms with E-state index in [4.69, 9.17) is 0 Å². The maximum absolute atomic E-state index is 12.3. The maximum Gasteiger partial charge on any atom is 0.267 e. The van der Waals surface area contributed by atoms with E-state index in [2.05, 4.69) is 10.4 Å². The second kappa shape index (κ2) is 7.53. The summed E-state index contributed by atoms with van der Waals surface area (Å²) in [6.45, 7) is 3.61. The number of nitrogens with zero attached hydrogens (tertiary/aromatic N) is 3. The molecule has 1 aromatic carbocycles. The molecular weight excluding hydrogens is 348 g/mol. The molecule has 0 saturated heterocycles. The Morgan fingerprint density at radius 3 is 2.67 bits per heavy atom. The minimum atomic E-state index is -0.411. The van der Waals surface area contributed by atoms with Crippen molar-refractivity contribution >= 4 is 23.3 Å². The summed E-state index contributed by atoms with van der Waals surface area (Å²) >= 11 is 0. The zero-order valence-electron chi connectivity index (χ0n) is 15.2. The molecule has 3 rings (SSSR count). The third-order valence-corrected chi connectivity index (χ3v) is 4.44. The van der Waals surface area contributed by atoms with E-state index in [1.165, 1.54) is 19.9 Å². The van der Waals surface area contributed by atoms with Gasteiger partial charge >= 0.3 is 0 Å². The molecule has 1 N–H and O–H groups in total. The molecule has 0 bridgehead atoms. The molecule has 0 aliphatic carbocycles. The highest BCUT2D eigenvalue weighted by Crippen LogP contribution is 2.15. The van der Waals surface area contributed by atoms with E-state index in [1.54, 1.807) is 29.2 Å². The first-order chi connectivity index (χ1) is 12.8. The van der Waals surface area contributed by atoms with Crippen molar-refractivity contribution in [3.8, 4) is 0 Å². The molecule has 140 valence electrons. The van der Waals surface area contributed by atoms with E-state index in [0.717, 1.165) is 10.4 Å². The lowest BCUT2D eigenvalue weighted by Crippen LogP contribution is -2.38. The third kappa shape index (κ3) is 4.28. The highest BCUT2D eigenvalue weighted by atomic mass is 16.2. The number of amides is 2. The van der Waals surface area contributed by atoms with Crippen molar-refractivity contribution < 1.29 is 14.4 Å². The Labute approximate surface area is 155 Å². The first-order valence-corrected chi connectivity index (χ1v) is 8.60. The summed E-state index contributed by atoms with van der Waals surface area (Å²) in [4.78, 5) is 49.1. The molecule has 2 amide bonds. The number of carbonyl (C=O) groups excluding carboxylic acids is 3. The first kappa shape index (κ1) is 18.5. The normalized spacial score (nSPS) is 13.0. The number of hydrogen-bond acceptors (Lipinski definition) is 5. The Balaban J connectivity index is 1.73. The number of rotatable bonds is 4. The largest absolute Gasteiger partial charge is 0.338 e. The standard InChI is InChI=1S/C19H20N4O4/c1-12(24)14-4-3-5-16(8-14)20-18(26)11-23-19(27)9-15-10-22(13(2)25)7-6-17(15)21-23/h3-5,8-9H,6-7,10-11H2,1-2H3,(H,20,26). The molecule has 8 heteroatoms. The minimum Gasteiger partial charge on any atom is -0.338 e. The van der Waals surface area contributed by atoms with Gasteiger partial charge in [-0.05, 0) is 19.1 Å².